The normalized spacial score (nSPS) is 12.5. The Kier molecular flexibility index (Phi) is 3.95. The van der Waals surface area contributed by atoms with Crippen molar-refractivity contribution in [1.29, 1.82) is 5.26 Å². The predicted molar refractivity (Wildman–Crippen MR) is 98.4 cm³/mol. The zero-order valence-corrected chi connectivity index (χ0v) is 14.1. The van der Waals surface area contributed by atoms with Crippen LogP contribution in [0.5, 0.6) is 5.88 Å². The molecule has 0 saturated heterocycles. The van der Waals surface area contributed by atoms with Crippen LogP contribution in [0.15, 0.2) is 54.6 Å². The fourth-order valence-electron chi connectivity index (χ4n) is 3.67. The van der Waals surface area contributed by atoms with Crippen LogP contribution < -0.4 is 4.74 Å². The van der Waals surface area contributed by atoms with Crippen molar-refractivity contribution in [3.63, 3.8) is 0 Å². The number of rotatable bonds is 2. The molecule has 0 atom stereocenters. The molecule has 0 aliphatic heterocycles. The minimum atomic E-state index is 0.400. The molecule has 0 fully saturated rings. The average Bonchev–Trinajstić information content (AvgIpc) is 2.86. The fourth-order valence-corrected chi connectivity index (χ4v) is 3.67. The maximum absolute atomic E-state index is 9.79. The zero-order valence-electron chi connectivity index (χ0n) is 14.1. The van der Waals surface area contributed by atoms with E-state index in [0.717, 1.165) is 47.2 Å². The van der Waals surface area contributed by atoms with Crippen LogP contribution in [0.4, 0.5) is 0 Å². The molecule has 3 aromatic rings. The third kappa shape index (κ3) is 2.56. The van der Waals surface area contributed by atoms with E-state index >= 15 is 0 Å². The summed E-state index contributed by atoms with van der Waals surface area (Å²) in [6.07, 6.45) is 2.97. The number of hydrogen-bond donors (Lipinski definition) is 0. The van der Waals surface area contributed by atoms with E-state index in [1.807, 2.05) is 36.4 Å². The molecule has 3 nitrogen and oxygen atoms in total. The summed E-state index contributed by atoms with van der Waals surface area (Å²) in [7, 11) is 1.58. The maximum atomic E-state index is 9.79. The zero-order chi connectivity index (χ0) is 17.2. The standard InChI is InChI=1S/C22H18N2O/c1-25-22-19(14-23)20(16-9-3-2-4-10-16)18-13-7-11-15-8-5-6-12-17(15)21(18)24-22/h2-6,8-10,12H,7,11,13H2,1H3. The van der Waals surface area contributed by atoms with E-state index in [4.69, 9.17) is 9.72 Å². The Hall–Kier alpha value is -3.12. The van der Waals surface area contributed by atoms with E-state index in [1.54, 1.807) is 7.11 Å². The summed E-state index contributed by atoms with van der Waals surface area (Å²) in [5, 5.41) is 9.79. The molecular formula is C22H18N2O. The molecule has 25 heavy (non-hydrogen) atoms. The molecule has 4 rings (SSSR count). The van der Waals surface area contributed by atoms with Gasteiger partial charge in [0.1, 0.15) is 11.6 Å². The molecule has 0 unspecified atom stereocenters. The molecule has 0 N–H and O–H groups in total. The molecule has 2 aromatic carbocycles. The lowest BCUT2D eigenvalue weighted by Gasteiger charge is -2.17. The van der Waals surface area contributed by atoms with Gasteiger partial charge in [-0.05, 0) is 36.0 Å². The Labute approximate surface area is 147 Å². The lowest BCUT2D eigenvalue weighted by Crippen LogP contribution is -2.03. The molecule has 1 aromatic heterocycles. The second-order valence-electron chi connectivity index (χ2n) is 6.19. The van der Waals surface area contributed by atoms with E-state index in [2.05, 4.69) is 24.3 Å². The van der Waals surface area contributed by atoms with E-state index in [-0.39, 0.29) is 0 Å². The molecule has 0 radical (unpaired) electrons. The summed E-state index contributed by atoms with van der Waals surface area (Å²) in [5.74, 6) is 0.400. The highest BCUT2D eigenvalue weighted by Gasteiger charge is 2.25. The average molecular weight is 326 g/mol. The largest absolute Gasteiger partial charge is 0.480 e. The summed E-state index contributed by atoms with van der Waals surface area (Å²) in [6.45, 7) is 0. The van der Waals surface area contributed by atoms with Gasteiger partial charge in [-0.3, -0.25) is 0 Å². The first-order valence-electron chi connectivity index (χ1n) is 8.48. The van der Waals surface area contributed by atoms with Crippen molar-refractivity contribution in [2.45, 2.75) is 19.3 Å². The molecule has 0 saturated carbocycles. The molecule has 3 heteroatoms. The number of benzene rings is 2. The van der Waals surface area contributed by atoms with Gasteiger partial charge in [0.25, 0.3) is 0 Å². The van der Waals surface area contributed by atoms with Gasteiger partial charge in [0, 0.05) is 11.1 Å². The minimum Gasteiger partial charge on any atom is -0.480 e. The monoisotopic (exact) mass is 326 g/mol. The lowest BCUT2D eigenvalue weighted by atomic mass is 9.91. The molecule has 0 amide bonds. The third-order valence-corrected chi connectivity index (χ3v) is 4.78. The van der Waals surface area contributed by atoms with Gasteiger partial charge in [0.2, 0.25) is 5.88 Å². The van der Waals surface area contributed by atoms with Crippen LogP contribution in [0.3, 0.4) is 0 Å². The number of methoxy groups -OCH3 is 1. The summed E-state index contributed by atoms with van der Waals surface area (Å²) >= 11 is 0. The summed E-state index contributed by atoms with van der Waals surface area (Å²) in [4.78, 5) is 4.75. The molecular weight excluding hydrogens is 308 g/mol. The number of nitrogens with zero attached hydrogens (tertiary/aromatic N) is 2. The van der Waals surface area contributed by atoms with Crippen LogP contribution in [-0.2, 0) is 12.8 Å². The van der Waals surface area contributed by atoms with E-state index < -0.39 is 0 Å². The van der Waals surface area contributed by atoms with Crippen molar-refractivity contribution >= 4 is 0 Å². The Morgan fingerprint density at radius 2 is 1.76 bits per heavy atom. The van der Waals surface area contributed by atoms with Gasteiger partial charge < -0.3 is 4.74 Å². The number of nitriles is 1. The molecule has 122 valence electrons. The van der Waals surface area contributed by atoms with E-state index in [1.165, 1.54) is 5.56 Å². The first kappa shape index (κ1) is 15.4. The topological polar surface area (TPSA) is 45.9 Å². The van der Waals surface area contributed by atoms with Crippen molar-refractivity contribution in [3.8, 4) is 34.3 Å². The summed E-state index contributed by atoms with van der Waals surface area (Å²) in [6, 6.07) is 20.8. The molecule has 1 aliphatic carbocycles. The Morgan fingerprint density at radius 1 is 1.00 bits per heavy atom. The smallest absolute Gasteiger partial charge is 0.232 e. The first-order chi connectivity index (χ1) is 12.3. The van der Waals surface area contributed by atoms with Gasteiger partial charge in [-0.1, -0.05) is 54.6 Å². The van der Waals surface area contributed by atoms with Crippen LogP contribution in [0.2, 0.25) is 0 Å². The molecule has 0 bridgehead atoms. The van der Waals surface area contributed by atoms with Gasteiger partial charge in [-0.25, -0.2) is 4.98 Å². The minimum absolute atomic E-state index is 0.400. The van der Waals surface area contributed by atoms with Crippen LogP contribution in [-0.4, -0.2) is 12.1 Å². The van der Waals surface area contributed by atoms with Gasteiger partial charge in [0.05, 0.1) is 12.8 Å². The van der Waals surface area contributed by atoms with Gasteiger partial charge in [-0.2, -0.15) is 5.26 Å². The maximum Gasteiger partial charge on any atom is 0.232 e. The number of pyridine rings is 1. The number of fused-ring (bicyclic) bond motifs is 3. The van der Waals surface area contributed by atoms with Crippen LogP contribution in [0, 0.1) is 11.3 Å². The third-order valence-electron chi connectivity index (χ3n) is 4.78. The van der Waals surface area contributed by atoms with Crippen molar-refractivity contribution < 1.29 is 4.74 Å². The van der Waals surface area contributed by atoms with Gasteiger partial charge in [-0.15, -0.1) is 0 Å². The lowest BCUT2D eigenvalue weighted by molar-refractivity contribution is 0.397. The number of ether oxygens (including phenoxy) is 1. The van der Waals surface area contributed by atoms with Gasteiger partial charge >= 0.3 is 0 Å². The van der Waals surface area contributed by atoms with E-state index in [9.17, 15) is 5.26 Å². The second-order valence-corrected chi connectivity index (χ2v) is 6.19. The summed E-state index contributed by atoms with van der Waals surface area (Å²) < 4.78 is 5.49. The van der Waals surface area contributed by atoms with Crippen molar-refractivity contribution in [2.75, 3.05) is 7.11 Å². The number of hydrogen-bond acceptors (Lipinski definition) is 3. The predicted octanol–water partition coefficient (Wildman–Crippen LogP) is 4.78. The van der Waals surface area contributed by atoms with Crippen molar-refractivity contribution in [1.82, 2.24) is 4.98 Å². The molecule has 1 heterocycles. The highest BCUT2D eigenvalue weighted by molar-refractivity contribution is 5.83. The second kappa shape index (κ2) is 6.41. The van der Waals surface area contributed by atoms with Crippen molar-refractivity contribution in [2.24, 2.45) is 0 Å². The summed E-state index contributed by atoms with van der Waals surface area (Å²) in [5.41, 5.74) is 7.06. The molecule has 0 spiro atoms. The number of aromatic nitrogens is 1. The Morgan fingerprint density at radius 3 is 2.52 bits per heavy atom. The van der Waals surface area contributed by atoms with Crippen LogP contribution in [0.25, 0.3) is 22.4 Å². The van der Waals surface area contributed by atoms with Crippen molar-refractivity contribution in [3.05, 3.63) is 71.3 Å². The van der Waals surface area contributed by atoms with Crippen LogP contribution in [0.1, 0.15) is 23.1 Å². The Bertz CT molecular complexity index is 971. The quantitative estimate of drug-likeness (QED) is 0.680. The highest BCUT2D eigenvalue weighted by Crippen LogP contribution is 2.41. The fraction of sp³-hybridized carbons (Fsp3) is 0.182. The first-order valence-corrected chi connectivity index (χ1v) is 8.48. The van der Waals surface area contributed by atoms with E-state index in [0.29, 0.717) is 11.4 Å². The highest BCUT2D eigenvalue weighted by atomic mass is 16.5. The SMILES string of the molecule is COc1nc2c(c(-c3ccccc3)c1C#N)CCCc1ccccc1-2. The van der Waals surface area contributed by atoms with Gasteiger partial charge in [0.15, 0.2) is 0 Å². The van der Waals surface area contributed by atoms with Crippen LogP contribution >= 0.6 is 0 Å². The molecule has 1 aliphatic rings. The Balaban J connectivity index is 2.10. The number of aryl methyl sites for hydroxylation is 1.